The maximum Gasteiger partial charge on any atom is 0.305 e. The number of allylic oxidation sites excluding steroid dienone is 5. The van der Waals surface area contributed by atoms with E-state index in [0.29, 0.717) is 19.4 Å². The first kappa shape index (κ1) is 75.1. The molecular weight excluding hydrogens is 947 g/mol. The maximum atomic E-state index is 12.5. The Hall–Kier alpha value is -1.92. The number of ether oxygens (including phenoxy) is 1. The van der Waals surface area contributed by atoms with E-state index in [1.807, 2.05) is 6.08 Å². The first-order valence-electron chi connectivity index (χ1n) is 34.8. The fourth-order valence-corrected chi connectivity index (χ4v) is 10.8. The Morgan fingerprint density at radius 3 is 0.922 bits per heavy atom. The number of hydrogen-bond donors (Lipinski definition) is 3. The van der Waals surface area contributed by atoms with E-state index < -0.39 is 12.1 Å². The number of carbonyl (C=O) groups is 2. The van der Waals surface area contributed by atoms with Crippen molar-refractivity contribution in [2.24, 2.45) is 0 Å². The summed E-state index contributed by atoms with van der Waals surface area (Å²) < 4.78 is 5.51. The molecule has 0 rings (SSSR count). The summed E-state index contributed by atoms with van der Waals surface area (Å²) in [4.78, 5) is 24.6. The molecule has 0 saturated carbocycles. The number of hydrogen-bond acceptors (Lipinski definition) is 5. The molecule has 0 aromatic rings. The summed E-state index contributed by atoms with van der Waals surface area (Å²) in [6.07, 6.45) is 85.1. The minimum atomic E-state index is -0.844. The van der Waals surface area contributed by atoms with E-state index in [1.54, 1.807) is 6.08 Å². The molecule has 454 valence electrons. The molecule has 0 heterocycles. The van der Waals surface area contributed by atoms with Crippen molar-refractivity contribution in [3.05, 3.63) is 36.5 Å². The predicted octanol–water partition coefficient (Wildman–Crippen LogP) is 22.3. The normalized spacial score (nSPS) is 12.7. The smallest absolute Gasteiger partial charge is 0.305 e. The minimum Gasteiger partial charge on any atom is -0.466 e. The van der Waals surface area contributed by atoms with Gasteiger partial charge in [-0.15, -0.1) is 0 Å². The third-order valence-electron chi connectivity index (χ3n) is 16.1. The van der Waals surface area contributed by atoms with Crippen LogP contribution in [0.4, 0.5) is 0 Å². The molecule has 1 amide bonds. The van der Waals surface area contributed by atoms with E-state index in [4.69, 9.17) is 4.74 Å². The number of rotatable bonds is 65. The second kappa shape index (κ2) is 66.6. The number of amides is 1. The molecule has 0 saturated heterocycles. The van der Waals surface area contributed by atoms with Crippen molar-refractivity contribution >= 4 is 11.9 Å². The average molecular weight is 1080 g/mol. The monoisotopic (exact) mass is 1080 g/mol. The van der Waals surface area contributed by atoms with Crippen LogP contribution in [0.15, 0.2) is 36.5 Å². The Labute approximate surface area is 481 Å². The molecule has 3 N–H and O–H groups in total. The SMILES string of the molecule is CCCCCCCC/C=C\CCCCCCCCCCCC(=O)OCCCCCCCCCCCCCC/C=C\CCCCCCCCCCCCCCC(=O)NC(CO)C(O)/C=C/CCCCCCCCCCCCC. The summed E-state index contributed by atoms with van der Waals surface area (Å²) in [7, 11) is 0. The van der Waals surface area contributed by atoms with Crippen LogP contribution in [0.2, 0.25) is 0 Å². The number of carbonyl (C=O) groups excluding carboxylic acids is 2. The van der Waals surface area contributed by atoms with Crippen LogP contribution in [0.1, 0.15) is 380 Å². The predicted molar refractivity (Wildman–Crippen MR) is 338 cm³/mol. The lowest BCUT2D eigenvalue weighted by molar-refractivity contribution is -0.143. The van der Waals surface area contributed by atoms with Crippen LogP contribution in [-0.2, 0) is 14.3 Å². The molecule has 6 heteroatoms. The molecule has 77 heavy (non-hydrogen) atoms. The molecule has 0 spiro atoms. The van der Waals surface area contributed by atoms with Crippen LogP contribution in [-0.4, -0.2) is 47.4 Å². The molecule has 2 atom stereocenters. The van der Waals surface area contributed by atoms with Crippen molar-refractivity contribution in [2.45, 2.75) is 392 Å². The van der Waals surface area contributed by atoms with Crippen LogP contribution in [0.3, 0.4) is 0 Å². The van der Waals surface area contributed by atoms with E-state index in [2.05, 4.69) is 43.5 Å². The van der Waals surface area contributed by atoms with E-state index in [1.165, 1.54) is 315 Å². The molecule has 0 bridgehead atoms. The first-order chi connectivity index (χ1) is 38.0. The summed E-state index contributed by atoms with van der Waals surface area (Å²) >= 11 is 0. The van der Waals surface area contributed by atoms with Crippen molar-refractivity contribution in [3.8, 4) is 0 Å². The fourth-order valence-electron chi connectivity index (χ4n) is 10.8. The number of nitrogens with one attached hydrogen (secondary N) is 1. The molecule has 6 nitrogen and oxygen atoms in total. The van der Waals surface area contributed by atoms with Crippen molar-refractivity contribution in [3.63, 3.8) is 0 Å². The lowest BCUT2D eigenvalue weighted by Crippen LogP contribution is -2.45. The van der Waals surface area contributed by atoms with Gasteiger partial charge in [0.15, 0.2) is 0 Å². The Morgan fingerprint density at radius 1 is 0.351 bits per heavy atom. The van der Waals surface area contributed by atoms with Crippen LogP contribution in [0.5, 0.6) is 0 Å². The van der Waals surface area contributed by atoms with Gasteiger partial charge in [-0.1, -0.05) is 320 Å². The Balaban J connectivity index is 3.37. The molecule has 0 radical (unpaired) electrons. The van der Waals surface area contributed by atoms with Gasteiger partial charge in [0.05, 0.1) is 25.4 Å². The molecule has 2 unspecified atom stereocenters. The topological polar surface area (TPSA) is 95.9 Å². The summed E-state index contributed by atoms with van der Waals surface area (Å²) in [5.74, 6) is -0.0516. The van der Waals surface area contributed by atoms with Gasteiger partial charge in [-0.05, 0) is 83.5 Å². The first-order valence-corrected chi connectivity index (χ1v) is 34.8. The van der Waals surface area contributed by atoms with Gasteiger partial charge in [-0.2, -0.15) is 0 Å². The Kier molecular flexibility index (Phi) is 64.9. The zero-order valence-electron chi connectivity index (χ0n) is 52.0. The van der Waals surface area contributed by atoms with E-state index >= 15 is 0 Å². The largest absolute Gasteiger partial charge is 0.466 e. The van der Waals surface area contributed by atoms with Gasteiger partial charge in [-0.3, -0.25) is 9.59 Å². The summed E-state index contributed by atoms with van der Waals surface area (Å²) in [6.45, 7) is 4.92. The van der Waals surface area contributed by atoms with Gasteiger partial charge < -0.3 is 20.3 Å². The van der Waals surface area contributed by atoms with E-state index in [0.717, 1.165) is 38.5 Å². The molecule has 0 aliphatic heterocycles. The van der Waals surface area contributed by atoms with Crippen molar-refractivity contribution in [2.75, 3.05) is 13.2 Å². The molecule has 0 aliphatic rings. The Bertz CT molecular complexity index is 1250. The average Bonchev–Trinajstić information content (AvgIpc) is 3.43. The van der Waals surface area contributed by atoms with Crippen molar-refractivity contribution < 1.29 is 24.5 Å². The van der Waals surface area contributed by atoms with Crippen molar-refractivity contribution in [1.29, 1.82) is 0 Å². The van der Waals surface area contributed by atoms with E-state index in [9.17, 15) is 19.8 Å². The summed E-state index contributed by atoms with van der Waals surface area (Å²) in [5.41, 5.74) is 0. The number of unbranched alkanes of at least 4 members (excludes halogenated alkanes) is 50. The third kappa shape index (κ3) is 63.1. The fraction of sp³-hybridized carbons (Fsp3) is 0.887. The molecule has 0 fully saturated rings. The highest BCUT2D eigenvalue weighted by Crippen LogP contribution is 2.18. The van der Waals surface area contributed by atoms with Gasteiger partial charge >= 0.3 is 5.97 Å². The highest BCUT2D eigenvalue weighted by Gasteiger charge is 2.18. The molecule has 0 aromatic heterocycles. The quantitative estimate of drug-likeness (QED) is 0.0320. The molecule has 0 aliphatic carbocycles. The van der Waals surface area contributed by atoms with Gasteiger partial charge in [0.1, 0.15) is 0 Å². The zero-order chi connectivity index (χ0) is 55.7. The summed E-state index contributed by atoms with van der Waals surface area (Å²) in [5, 5.41) is 23.1. The lowest BCUT2D eigenvalue weighted by Gasteiger charge is -2.20. The maximum absolute atomic E-state index is 12.5. The minimum absolute atomic E-state index is 0.0154. The van der Waals surface area contributed by atoms with Crippen LogP contribution < -0.4 is 5.32 Å². The number of aliphatic hydroxyl groups is 2. The number of aliphatic hydroxyl groups excluding tert-OH is 2. The summed E-state index contributed by atoms with van der Waals surface area (Å²) in [6, 6.07) is -0.627. The highest BCUT2D eigenvalue weighted by molar-refractivity contribution is 5.76. The van der Waals surface area contributed by atoms with Gasteiger partial charge in [0.2, 0.25) is 5.91 Å². The lowest BCUT2D eigenvalue weighted by atomic mass is 10.0. The van der Waals surface area contributed by atoms with E-state index in [-0.39, 0.29) is 18.5 Å². The van der Waals surface area contributed by atoms with Gasteiger partial charge in [0.25, 0.3) is 0 Å². The zero-order valence-corrected chi connectivity index (χ0v) is 52.0. The molecule has 0 aromatic carbocycles. The van der Waals surface area contributed by atoms with Crippen molar-refractivity contribution in [1.82, 2.24) is 5.32 Å². The highest BCUT2D eigenvalue weighted by atomic mass is 16.5. The number of esters is 1. The second-order valence-corrected chi connectivity index (χ2v) is 23.9. The van der Waals surface area contributed by atoms with Gasteiger partial charge in [-0.25, -0.2) is 0 Å². The third-order valence-corrected chi connectivity index (χ3v) is 16.1. The van der Waals surface area contributed by atoms with Crippen LogP contribution in [0.25, 0.3) is 0 Å². The molecular formula is C71H135NO5. The Morgan fingerprint density at radius 2 is 0.610 bits per heavy atom. The van der Waals surface area contributed by atoms with Crippen LogP contribution in [0, 0.1) is 0 Å². The standard InChI is InChI=1S/C71H135NO5/c1-3-5-7-9-11-13-15-17-18-19-30-34-37-41-45-49-53-57-61-65-71(76)77-66-62-58-54-50-46-42-38-35-32-29-27-25-23-21-20-22-24-26-28-31-33-36-40-44-48-52-56-60-64-70(75)72-68(67-73)69(74)63-59-55-51-47-43-39-16-14-12-10-8-6-4-2/h17-18,20-21,59,63,68-69,73-74H,3-16,19,22-58,60-62,64-67H2,1-2H3,(H,72,75)/b18-17-,21-20-,63-59+. The van der Waals surface area contributed by atoms with Gasteiger partial charge in [0, 0.05) is 12.8 Å². The second-order valence-electron chi connectivity index (χ2n) is 23.9. The van der Waals surface area contributed by atoms with Crippen LogP contribution >= 0.6 is 0 Å².